The van der Waals surface area contributed by atoms with E-state index in [9.17, 15) is 14.4 Å². The number of esters is 1. The molecule has 1 atom stereocenters. The van der Waals surface area contributed by atoms with Gasteiger partial charge >= 0.3 is 12.1 Å². The zero-order chi connectivity index (χ0) is 19.2. The van der Waals surface area contributed by atoms with Crippen molar-refractivity contribution in [2.45, 2.75) is 45.3 Å². The number of carbonyl (C=O) groups excluding carboxylic acids is 3. The van der Waals surface area contributed by atoms with Crippen molar-refractivity contribution in [1.29, 1.82) is 0 Å². The molecule has 1 N–H and O–H groups in total. The lowest BCUT2D eigenvalue weighted by molar-refractivity contribution is -0.143. The molecule has 1 aromatic rings. The van der Waals surface area contributed by atoms with Crippen LogP contribution in [0.15, 0.2) is 18.2 Å². The number of Topliss-reactive ketones (excluding diaryl/α,β-unsaturated/α-hetero) is 1. The van der Waals surface area contributed by atoms with Crippen LogP contribution in [0.1, 0.15) is 44.0 Å². The first kappa shape index (κ1) is 21.3. The van der Waals surface area contributed by atoms with Gasteiger partial charge in [-0.2, -0.15) is 0 Å². The third-order valence-corrected chi connectivity index (χ3v) is 3.82. The SMILES string of the molecule is COC(=O)C(CCC(=O)c1ccc(Cl)c(Cl)c1)NC(=O)OC(C)(C)C. The molecule has 0 radical (unpaired) electrons. The number of halogens is 2. The molecule has 6 nitrogen and oxygen atoms in total. The predicted molar refractivity (Wildman–Crippen MR) is 95.2 cm³/mol. The average Bonchev–Trinajstić information content (AvgIpc) is 2.51. The predicted octanol–water partition coefficient (Wildman–Crippen LogP) is 4.02. The molecule has 1 rings (SSSR count). The normalized spacial score (nSPS) is 12.2. The third kappa shape index (κ3) is 7.32. The number of benzene rings is 1. The van der Waals surface area contributed by atoms with Gasteiger partial charge in [-0.1, -0.05) is 23.2 Å². The molecule has 0 aromatic heterocycles. The number of alkyl carbamates (subject to hydrolysis) is 1. The van der Waals surface area contributed by atoms with Crippen LogP contribution in [0.25, 0.3) is 0 Å². The Morgan fingerprint density at radius 2 is 1.80 bits per heavy atom. The molecule has 1 amide bonds. The lowest BCUT2D eigenvalue weighted by Gasteiger charge is -2.22. The molecule has 25 heavy (non-hydrogen) atoms. The van der Waals surface area contributed by atoms with Crippen molar-refractivity contribution in [1.82, 2.24) is 5.32 Å². The monoisotopic (exact) mass is 389 g/mol. The highest BCUT2D eigenvalue weighted by Crippen LogP contribution is 2.23. The van der Waals surface area contributed by atoms with Gasteiger partial charge in [0.25, 0.3) is 0 Å². The number of ketones is 1. The molecule has 1 unspecified atom stereocenters. The summed E-state index contributed by atoms with van der Waals surface area (Å²) in [6.45, 7) is 5.11. The van der Waals surface area contributed by atoms with E-state index in [-0.39, 0.29) is 23.6 Å². The Kier molecular flexibility index (Phi) is 7.70. The minimum atomic E-state index is -0.994. The molecule has 0 fully saturated rings. The number of nitrogens with one attached hydrogen (secondary N) is 1. The van der Waals surface area contributed by atoms with Gasteiger partial charge in [-0.3, -0.25) is 4.79 Å². The van der Waals surface area contributed by atoms with Crippen LogP contribution in [0.4, 0.5) is 4.79 Å². The van der Waals surface area contributed by atoms with Gasteiger partial charge in [-0.05, 0) is 45.4 Å². The van der Waals surface area contributed by atoms with Gasteiger partial charge in [0.1, 0.15) is 11.6 Å². The molecular formula is C17H21Cl2NO5. The van der Waals surface area contributed by atoms with E-state index in [0.717, 1.165) is 0 Å². The summed E-state index contributed by atoms with van der Waals surface area (Å²) in [5, 5.41) is 3.03. The summed E-state index contributed by atoms with van der Waals surface area (Å²) < 4.78 is 9.77. The van der Waals surface area contributed by atoms with Crippen LogP contribution in [0.3, 0.4) is 0 Å². The van der Waals surface area contributed by atoms with E-state index in [1.807, 2.05) is 0 Å². The maximum atomic E-state index is 12.2. The quantitative estimate of drug-likeness (QED) is 0.586. The lowest BCUT2D eigenvalue weighted by atomic mass is 10.0. The summed E-state index contributed by atoms with van der Waals surface area (Å²) in [5.74, 6) is -0.897. The minimum Gasteiger partial charge on any atom is -0.467 e. The van der Waals surface area contributed by atoms with Crippen LogP contribution in [-0.2, 0) is 14.3 Å². The zero-order valence-electron chi connectivity index (χ0n) is 14.5. The minimum absolute atomic E-state index is 0.00747. The van der Waals surface area contributed by atoms with E-state index in [4.69, 9.17) is 27.9 Å². The van der Waals surface area contributed by atoms with E-state index in [0.29, 0.717) is 10.6 Å². The van der Waals surface area contributed by atoms with Crippen molar-refractivity contribution in [3.05, 3.63) is 33.8 Å². The first-order valence-electron chi connectivity index (χ1n) is 7.59. The molecule has 138 valence electrons. The number of ether oxygens (including phenoxy) is 2. The molecule has 0 aliphatic carbocycles. The summed E-state index contributed by atoms with van der Waals surface area (Å²) in [6.07, 6.45) is -0.691. The summed E-state index contributed by atoms with van der Waals surface area (Å²) >= 11 is 11.7. The van der Waals surface area contributed by atoms with Crippen LogP contribution in [0.5, 0.6) is 0 Å². The number of rotatable bonds is 6. The Morgan fingerprint density at radius 1 is 1.16 bits per heavy atom. The Bertz CT molecular complexity index is 655. The van der Waals surface area contributed by atoms with Crippen LogP contribution in [0, 0.1) is 0 Å². The fraction of sp³-hybridized carbons (Fsp3) is 0.471. The molecular weight excluding hydrogens is 369 g/mol. The topological polar surface area (TPSA) is 81.7 Å². The molecule has 1 aromatic carbocycles. The average molecular weight is 390 g/mol. The number of hydrogen-bond acceptors (Lipinski definition) is 5. The van der Waals surface area contributed by atoms with Crippen LogP contribution in [0.2, 0.25) is 10.0 Å². The molecule has 0 aliphatic heterocycles. The largest absolute Gasteiger partial charge is 0.467 e. The standard InChI is InChI=1S/C17H21Cl2NO5/c1-17(2,3)25-16(23)20-13(15(22)24-4)7-8-14(21)10-5-6-11(18)12(19)9-10/h5-6,9,13H,7-8H2,1-4H3,(H,20,23). The second kappa shape index (κ2) is 9.06. The zero-order valence-corrected chi connectivity index (χ0v) is 16.0. The van der Waals surface area contributed by atoms with Crippen molar-refractivity contribution >= 4 is 41.0 Å². The van der Waals surface area contributed by atoms with E-state index in [1.54, 1.807) is 26.8 Å². The van der Waals surface area contributed by atoms with Crippen molar-refractivity contribution in [2.24, 2.45) is 0 Å². The van der Waals surface area contributed by atoms with Gasteiger partial charge in [0, 0.05) is 12.0 Å². The van der Waals surface area contributed by atoms with Crippen LogP contribution < -0.4 is 5.32 Å². The summed E-state index contributed by atoms with van der Waals surface area (Å²) in [4.78, 5) is 35.9. The van der Waals surface area contributed by atoms with Crippen molar-refractivity contribution in [3.63, 3.8) is 0 Å². The number of methoxy groups -OCH3 is 1. The maximum absolute atomic E-state index is 12.2. The molecule has 8 heteroatoms. The molecule has 0 saturated heterocycles. The summed E-state index contributed by atoms with van der Waals surface area (Å²) in [7, 11) is 1.20. The van der Waals surface area contributed by atoms with Gasteiger partial charge < -0.3 is 14.8 Å². The molecule has 0 heterocycles. The Hall–Kier alpha value is -1.79. The molecule has 0 spiro atoms. The maximum Gasteiger partial charge on any atom is 0.408 e. The van der Waals surface area contributed by atoms with E-state index < -0.39 is 23.7 Å². The fourth-order valence-corrected chi connectivity index (χ4v) is 2.23. The summed E-state index contributed by atoms with van der Waals surface area (Å²) in [5.41, 5.74) is -0.337. The van der Waals surface area contributed by atoms with Gasteiger partial charge in [0.05, 0.1) is 17.2 Å². The van der Waals surface area contributed by atoms with Crippen LogP contribution in [-0.4, -0.2) is 36.6 Å². The smallest absolute Gasteiger partial charge is 0.408 e. The van der Waals surface area contributed by atoms with Gasteiger partial charge in [-0.25, -0.2) is 9.59 Å². The van der Waals surface area contributed by atoms with Gasteiger partial charge in [-0.15, -0.1) is 0 Å². The van der Waals surface area contributed by atoms with E-state index >= 15 is 0 Å². The van der Waals surface area contributed by atoms with Gasteiger partial charge in [0.15, 0.2) is 5.78 Å². The van der Waals surface area contributed by atoms with Crippen molar-refractivity contribution in [2.75, 3.05) is 7.11 Å². The number of carbonyl (C=O) groups is 3. The first-order valence-corrected chi connectivity index (χ1v) is 8.34. The first-order chi connectivity index (χ1) is 11.5. The van der Waals surface area contributed by atoms with E-state index in [2.05, 4.69) is 10.1 Å². The van der Waals surface area contributed by atoms with Crippen molar-refractivity contribution < 1.29 is 23.9 Å². The third-order valence-electron chi connectivity index (χ3n) is 3.08. The van der Waals surface area contributed by atoms with Gasteiger partial charge in [0.2, 0.25) is 0 Å². The summed E-state index contributed by atoms with van der Waals surface area (Å²) in [6, 6.07) is 3.53. The second-order valence-electron chi connectivity index (χ2n) is 6.31. The molecule has 0 bridgehead atoms. The fourth-order valence-electron chi connectivity index (χ4n) is 1.93. The molecule has 0 aliphatic rings. The highest BCUT2D eigenvalue weighted by molar-refractivity contribution is 6.42. The Balaban J connectivity index is 2.72. The number of hydrogen-bond donors (Lipinski definition) is 1. The number of amides is 1. The van der Waals surface area contributed by atoms with Crippen molar-refractivity contribution in [3.8, 4) is 0 Å². The van der Waals surface area contributed by atoms with E-state index in [1.165, 1.54) is 19.2 Å². The Labute approximate surface area is 156 Å². The second-order valence-corrected chi connectivity index (χ2v) is 7.13. The lowest BCUT2D eigenvalue weighted by Crippen LogP contribution is -2.44. The molecule has 0 saturated carbocycles. The highest BCUT2D eigenvalue weighted by Gasteiger charge is 2.25. The van der Waals surface area contributed by atoms with Crippen LogP contribution >= 0.6 is 23.2 Å². The highest BCUT2D eigenvalue weighted by atomic mass is 35.5. The Morgan fingerprint density at radius 3 is 2.32 bits per heavy atom.